The second-order valence-electron chi connectivity index (χ2n) is 6.55. The highest BCUT2D eigenvalue weighted by molar-refractivity contribution is 7.89. The molecule has 0 saturated heterocycles. The van der Waals surface area contributed by atoms with E-state index >= 15 is 0 Å². The van der Waals surface area contributed by atoms with Crippen molar-refractivity contribution in [2.75, 3.05) is 11.9 Å². The second kappa shape index (κ2) is 9.62. The maximum Gasteiger partial charge on any atom is 0.307 e. The molecule has 9 heteroatoms. The van der Waals surface area contributed by atoms with Crippen molar-refractivity contribution < 1.29 is 27.1 Å². The van der Waals surface area contributed by atoms with Crippen molar-refractivity contribution in [3.05, 3.63) is 59.4 Å². The van der Waals surface area contributed by atoms with Gasteiger partial charge in [0.15, 0.2) is 6.10 Å². The standard InChI is InChI=1S/C20H23FN2O5S/c1-13-7-8-18(14(2)11-13)29(26,27)22-10-9-19(24)28-15(3)20(25)23-17-6-4-5-16(21)12-17/h4-8,11-12,15,22H,9-10H2,1-3H3,(H,23,25)/t15-/m1/s1. The van der Waals surface area contributed by atoms with E-state index < -0.39 is 33.8 Å². The fourth-order valence-electron chi connectivity index (χ4n) is 2.59. The van der Waals surface area contributed by atoms with Crippen LogP contribution in [-0.4, -0.2) is 32.9 Å². The predicted octanol–water partition coefficient (Wildman–Crippen LogP) is 2.68. The van der Waals surface area contributed by atoms with Crippen LogP contribution < -0.4 is 10.0 Å². The summed E-state index contributed by atoms with van der Waals surface area (Å²) in [5, 5.41) is 2.43. The summed E-state index contributed by atoms with van der Waals surface area (Å²) in [6.45, 7) is 4.74. The average Bonchev–Trinajstić information content (AvgIpc) is 2.61. The van der Waals surface area contributed by atoms with Crippen LogP contribution in [0.15, 0.2) is 47.4 Å². The van der Waals surface area contributed by atoms with Gasteiger partial charge in [-0.15, -0.1) is 0 Å². The van der Waals surface area contributed by atoms with Crippen LogP contribution in [-0.2, 0) is 24.3 Å². The van der Waals surface area contributed by atoms with Crippen LogP contribution in [0.25, 0.3) is 0 Å². The maximum atomic E-state index is 13.1. The molecule has 2 rings (SSSR count). The molecule has 7 nitrogen and oxygen atoms in total. The first-order valence-corrected chi connectivity index (χ1v) is 10.4. The minimum atomic E-state index is -3.77. The van der Waals surface area contributed by atoms with Crippen molar-refractivity contribution >= 4 is 27.6 Å². The summed E-state index contributed by atoms with van der Waals surface area (Å²) in [6, 6.07) is 10.2. The topological polar surface area (TPSA) is 102 Å². The van der Waals surface area contributed by atoms with Gasteiger partial charge in [-0.25, -0.2) is 17.5 Å². The van der Waals surface area contributed by atoms with E-state index in [1.165, 1.54) is 31.2 Å². The number of nitrogens with one attached hydrogen (secondary N) is 2. The zero-order valence-corrected chi connectivity index (χ0v) is 17.2. The van der Waals surface area contributed by atoms with Gasteiger partial charge in [0, 0.05) is 12.2 Å². The van der Waals surface area contributed by atoms with Gasteiger partial charge in [0.25, 0.3) is 5.91 Å². The molecule has 0 aliphatic heterocycles. The number of halogens is 1. The number of carbonyl (C=O) groups excluding carboxylic acids is 2. The molecule has 0 aromatic heterocycles. The highest BCUT2D eigenvalue weighted by Crippen LogP contribution is 2.16. The van der Waals surface area contributed by atoms with Gasteiger partial charge in [-0.2, -0.15) is 0 Å². The number of benzene rings is 2. The van der Waals surface area contributed by atoms with E-state index in [2.05, 4.69) is 10.0 Å². The number of hydrogen-bond donors (Lipinski definition) is 2. The molecule has 29 heavy (non-hydrogen) atoms. The number of rotatable bonds is 8. The molecule has 0 aliphatic carbocycles. The SMILES string of the molecule is Cc1ccc(S(=O)(=O)NCCC(=O)O[C@H](C)C(=O)Nc2cccc(F)c2)c(C)c1. The van der Waals surface area contributed by atoms with Gasteiger partial charge in [0.1, 0.15) is 5.82 Å². The minimum Gasteiger partial charge on any atom is -0.452 e. The highest BCUT2D eigenvalue weighted by Gasteiger charge is 2.20. The van der Waals surface area contributed by atoms with Crippen molar-refractivity contribution in [1.82, 2.24) is 4.72 Å². The molecular formula is C20H23FN2O5S. The third-order valence-electron chi connectivity index (χ3n) is 4.01. The van der Waals surface area contributed by atoms with Crippen LogP contribution in [0.5, 0.6) is 0 Å². The van der Waals surface area contributed by atoms with Crippen molar-refractivity contribution in [2.45, 2.75) is 38.2 Å². The Labute approximate surface area is 169 Å². The summed E-state index contributed by atoms with van der Waals surface area (Å²) in [5.74, 6) is -1.88. The summed E-state index contributed by atoms with van der Waals surface area (Å²) in [4.78, 5) is 24.1. The number of esters is 1. The smallest absolute Gasteiger partial charge is 0.307 e. The molecule has 0 aliphatic rings. The summed E-state index contributed by atoms with van der Waals surface area (Å²) in [7, 11) is -3.77. The molecule has 2 N–H and O–H groups in total. The van der Waals surface area contributed by atoms with Crippen molar-refractivity contribution in [3.8, 4) is 0 Å². The number of ether oxygens (including phenoxy) is 1. The predicted molar refractivity (Wildman–Crippen MR) is 106 cm³/mol. The van der Waals surface area contributed by atoms with Gasteiger partial charge in [0.2, 0.25) is 10.0 Å². The van der Waals surface area contributed by atoms with Crippen LogP contribution >= 0.6 is 0 Å². The first-order chi connectivity index (χ1) is 13.6. The van der Waals surface area contributed by atoms with E-state index in [0.29, 0.717) is 5.56 Å². The molecule has 1 atom stereocenters. The van der Waals surface area contributed by atoms with Crippen LogP contribution in [0, 0.1) is 19.7 Å². The third-order valence-corrected chi connectivity index (χ3v) is 5.63. The molecule has 0 saturated carbocycles. The molecular weight excluding hydrogens is 399 g/mol. The molecule has 0 spiro atoms. The molecule has 0 fully saturated rings. The summed E-state index contributed by atoms with van der Waals surface area (Å²) in [6.07, 6.45) is -1.37. The number of aryl methyl sites for hydroxylation is 2. The van der Waals surface area contributed by atoms with Crippen LogP contribution in [0.2, 0.25) is 0 Å². The zero-order chi connectivity index (χ0) is 21.6. The molecule has 0 unspecified atom stereocenters. The van der Waals surface area contributed by atoms with Crippen LogP contribution in [0.3, 0.4) is 0 Å². The Balaban J connectivity index is 1.83. The summed E-state index contributed by atoms with van der Waals surface area (Å²) >= 11 is 0. The average molecular weight is 422 g/mol. The van der Waals surface area contributed by atoms with Crippen molar-refractivity contribution in [3.63, 3.8) is 0 Å². The number of carbonyl (C=O) groups is 2. The third kappa shape index (κ3) is 6.65. The van der Waals surface area contributed by atoms with E-state index in [9.17, 15) is 22.4 Å². The van der Waals surface area contributed by atoms with Gasteiger partial charge < -0.3 is 10.1 Å². The van der Waals surface area contributed by atoms with Crippen LogP contribution in [0.1, 0.15) is 24.5 Å². The Hall–Kier alpha value is -2.78. The number of hydrogen-bond acceptors (Lipinski definition) is 5. The van der Waals surface area contributed by atoms with Gasteiger partial charge in [0.05, 0.1) is 11.3 Å². The summed E-state index contributed by atoms with van der Waals surface area (Å²) in [5.41, 5.74) is 1.78. The lowest BCUT2D eigenvalue weighted by Gasteiger charge is -2.14. The fourth-order valence-corrected chi connectivity index (χ4v) is 3.84. The Morgan fingerprint density at radius 1 is 1.14 bits per heavy atom. The second-order valence-corrected chi connectivity index (χ2v) is 8.28. The Morgan fingerprint density at radius 2 is 1.86 bits per heavy atom. The Bertz CT molecular complexity index is 1010. The highest BCUT2D eigenvalue weighted by atomic mass is 32.2. The lowest BCUT2D eigenvalue weighted by Crippen LogP contribution is -2.32. The van der Waals surface area contributed by atoms with Crippen LogP contribution in [0.4, 0.5) is 10.1 Å². The number of amides is 1. The lowest BCUT2D eigenvalue weighted by molar-refractivity contribution is -0.152. The molecule has 2 aromatic rings. The Morgan fingerprint density at radius 3 is 2.52 bits per heavy atom. The normalized spacial score (nSPS) is 12.3. The van der Waals surface area contributed by atoms with E-state index in [0.717, 1.165) is 11.6 Å². The maximum absolute atomic E-state index is 13.1. The first-order valence-electron chi connectivity index (χ1n) is 8.91. The van der Waals surface area contributed by atoms with E-state index in [-0.39, 0.29) is 23.5 Å². The molecule has 2 aromatic carbocycles. The molecule has 0 radical (unpaired) electrons. The van der Waals surface area contributed by atoms with Gasteiger partial charge in [-0.05, 0) is 50.6 Å². The fraction of sp³-hybridized carbons (Fsp3) is 0.300. The molecule has 156 valence electrons. The van der Waals surface area contributed by atoms with E-state index in [1.54, 1.807) is 19.1 Å². The van der Waals surface area contributed by atoms with Gasteiger partial charge in [-0.3, -0.25) is 9.59 Å². The van der Waals surface area contributed by atoms with Crippen molar-refractivity contribution in [1.29, 1.82) is 0 Å². The zero-order valence-electron chi connectivity index (χ0n) is 16.4. The quantitative estimate of drug-likeness (QED) is 0.637. The van der Waals surface area contributed by atoms with Gasteiger partial charge >= 0.3 is 5.97 Å². The monoisotopic (exact) mass is 422 g/mol. The minimum absolute atomic E-state index is 0.138. The van der Waals surface area contributed by atoms with Crippen molar-refractivity contribution in [2.24, 2.45) is 0 Å². The van der Waals surface area contributed by atoms with E-state index in [4.69, 9.17) is 4.74 Å². The molecule has 1 amide bonds. The van der Waals surface area contributed by atoms with E-state index in [1.807, 2.05) is 6.92 Å². The van der Waals surface area contributed by atoms with Gasteiger partial charge in [-0.1, -0.05) is 23.8 Å². The number of sulfonamides is 1. The Kier molecular flexibility index (Phi) is 7.46. The lowest BCUT2D eigenvalue weighted by atomic mass is 10.2. The number of anilines is 1. The summed E-state index contributed by atoms with van der Waals surface area (Å²) < 4.78 is 45.2. The molecule has 0 bridgehead atoms. The molecule has 0 heterocycles. The first kappa shape index (κ1) is 22.5. The largest absolute Gasteiger partial charge is 0.452 e.